The van der Waals surface area contributed by atoms with Crippen molar-refractivity contribution in [2.24, 2.45) is 15.0 Å². The molecule has 0 aliphatic carbocycles. The van der Waals surface area contributed by atoms with Gasteiger partial charge in [0, 0.05) is 49.1 Å². The third-order valence-electron chi connectivity index (χ3n) is 9.98. The lowest BCUT2D eigenvalue weighted by Gasteiger charge is -2.09. The van der Waals surface area contributed by atoms with E-state index >= 15 is 0 Å². The zero-order valence-electron chi connectivity index (χ0n) is 28.1. The second-order valence-electron chi connectivity index (χ2n) is 12.9. The number of aliphatic imine (C=N–C) groups is 3. The Kier molecular flexibility index (Phi) is 6.93. The molecule has 6 nitrogen and oxygen atoms in total. The maximum atomic E-state index is 6.40. The van der Waals surface area contributed by atoms with Crippen LogP contribution in [0.1, 0.15) is 11.1 Å². The van der Waals surface area contributed by atoms with Gasteiger partial charge >= 0.3 is 0 Å². The van der Waals surface area contributed by atoms with Crippen LogP contribution in [0.5, 0.6) is 0 Å². The number of nitrogens with zero attached hydrogens (tertiary/aromatic N) is 5. The molecule has 3 heterocycles. The summed E-state index contributed by atoms with van der Waals surface area (Å²) in [7, 11) is 0. The molecule has 0 atom stereocenters. The van der Waals surface area contributed by atoms with Crippen LogP contribution in [0.2, 0.25) is 0 Å². The van der Waals surface area contributed by atoms with E-state index in [-0.39, 0.29) is 0 Å². The van der Waals surface area contributed by atoms with E-state index in [1.807, 2.05) is 42.5 Å². The summed E-state index contributed by atoms with van der Waals surface area (Å²) in [5, 5.41) is 6.85. The molecular weight excluding hydrogens is 639 g/mol. The van der Waals surface area contributed by atoms with Crippen LogP contribution in [-0.4, -0.2) is 27.5 Å². The van der Waals surface area contributed by atoms with Crippen LogP contribution >= 0.6 is 0 Å². The van der Waals surface area contributed by atoms with Gasteiger partial charge in [-0.3, -0.25) is 0 Å². The second-order valence-corrected chi connectivity index (χ2v) is 12.9. The molecule has 0 radical (unpaired) electrons. The molecule has 0 amide bonds. The van der Waals surface area contributed by atoms with Crippen LogP contribution in [0.4, 0.5) is 0 Å². The highest BCUT2D eigenvalue weighted by molar-refractivity contribution is 6.16. The van der Waals surface area contributed by atoms with Gasteiger partial charge in [-0.25, -0.2) is 15.0 Å². The summed E-state index contributed by atoms with van der Waals surface area (Å²) in [6.07, 6.45) is 0. The molecule has 0 unspecified atom stereocenters. The minimum Gasteiger partial charge on any atom is -0.456 e. The van der Waals surface area contributed by atoms with Gasteiger partial charge in [-0.15, -0.1) is 0 Å². The Morgan fingerprint density at radius 2 is 1.00 bits per heavy atom. The van der Waals surface area contributed by atoms with Crippen LogP contribution < -0.4 is 0 Å². The lowest BCUT2D eigenvalue weighted by Crippen LogP contribution is -2.07. The van der Waals surface area contributed by atoms with Crippen molar-refractivity contribution in [3.63, 3.8) is 0 Å². The van der Waals surface area contributed by atoms with Crippen LogP contribution in [-0.2, 0) is 6.67 Å². The monoisotopic (exact) mass is 669 g/mol. The highest BCUT2D eigenvalue weighted by atomic mass is 16.3. The van der Waals surface area contributed by atoms with E-state index in [9.17, 15) is 0 Å². The van der Waals surface area contributed by atoms with Gasteiger partial charge in [0.15, 0.2) is 11.7 Å². The predicted octanol–water partition coefficient (Wildman–Crippen LogP) is 11.3. The first kappa shape index (κ1) is 29.8. The molecule has 0 aliphatic rings. The summed E-state index contributed by atoms with van der Waals surface area (Å²) in [5.74, 6) is 1.07. The summed E-state index contributed by atoms with van der Waals surface area (Å²) in [5.41, 5.74) is 8.98. The summed E-state index contributed by atoms with van der Waals surface area (Å²) in [6.45, 7) is 4.25. The minimum atomic E-state index is 0.369. The fourth-order valence-corrected chi connectivity index (χ4v) is 7.61. The lowest BCUT2D eigenvalue weighted by molar-refractivity contribution is 0.669. The number of benzene rings is 7. The van der Waals surface area contributed by atoms with E-state index in [1.165, 1.54) is 21.5 Å². The third-order valence-corrected chi connectivity index (χ3v) is 9.98. The fraction of sp³-hybridized carbons (Fsp3) is 0.0217. The highest BCUT2D eigenvalue weighted by Gasteiger charge is 2.16. The van der Waals surface area contributed by atoms with Gasteiger partial charge < -0.3 is 13.6 Å². The Bertz CT molecular complexity index is 2960. The zero-order valence-corrected chi connectivity index (χ0v) is 28.1. The highest BCUT2D eigenvalue weighted by Crippen LogP contribution is 2.36. The van der Waals surface area contributed by atoms with E-state index in [0.717, 1.165) is 60.8 Å². The van der Waals surface area contributed by atoms with Gasteiger partial charge in [0.05, 0.1) is 22.1 Å². The molecule has 0 saturated carbocycles. The van der Waals surface area contributed by atoms with E-state index < -0.39 is 0 Å². The Morgan fingerprint density at radius 3 is 1.62 bits per heavy atom. The average Bonchev–Trinajstić information content (AvgIpc) is 3.85. The quantitative estimate of drug-likeness (QED) is 0.133. The number of furan rings is 1. The molecule has 0 spiro atoms. The largest absolute Gasteiger partial charge is 0.456 e. The maximum Gasteiger partial charge on any atom is 0.161 e. The molecule has 6 heteroatoms. The first-order chi connectivity index (χ1) is 25.7. The molecule has 0 aliphatic heterocycles. The topological polar surface area (TPSA) is 60.1 Å². The molecule has 246 valence electrons. The van der Waals surface area contributed by atoms with Crippen LogP contribution in [0.25, 0.3) is 71.2 Å². The van der Waals surface area contributed by atoms with Crippen molar-refractivity contribution in [1.82, 2.24) is 9.13 Å². The van der Waals surface area contributed by atoms with Gasteiger partial charge in [0.2, 0.25) is 0 Å². The molecule has 3 aromatic heterocycles. The molecule has 7 aromatic carbocycles. The molecule has 0 fully saturated rings. The van der Waals surface area contributed by atoms with E-state index in [1.54, 1.807) is 0 Å². The van der Waals surface area contributed by atoms with Crippen molar-refractivity contribution >= 4 is 83.9 Å². The van der Waals surface area contributed by atoms with Gasteiger partial charge in [-0.05, 0) is 67.4 Å². The number of fused-ring (bicyclic) bond motifs is 9. The fourth-order valence-electron chi connectivity index (χ4n) is 7.61. The Labute approximate surface area is 298 Å². The van der Waals surface area contributed by atoms with Crippen molar-refractivity contribution in [3.05, 3.63) is 175 Å². The van der Waals surface area contributed by atoms with Crippen molar-refractivity contribution in [3.8, 4) is 5.69 Å². The van der Waals surface area contributed by atoms with Gasteiger partial charge in [-0.2, -0.15) is 0 Å². The minimum absolute atomic E-state index is 0.369. The first-order valence-corrected chi connectivity index (χ1v) is 17.3. The SMILES string of the molecule is C=NC(=NC(=NCn1c2ccccc2c2ccccc21)c1ccc2oc3ccc(-n4c5ccccc5c5ccccc54)cc3c2c1)c1ccccc1. The van der Waals surface area contributed by atoms with Gasteiger partial charge in [0.1, 0.15) is 17.8 Å². The summed E-state index contributed by atoms with van der Waals surface area (Å²) in [6, 6.07) is 56.6. The van der Waals surface area contributed by atoms with Crippen molar-refractivity contribution in [2.45, 2.75) is 6.67 Å². The molecule has 0 saturated heterocycles. The molecule has 10 rings (SSSR count). The summed E-state index contributed by atoms with van der Waals surface area (Å²) >= 11 is 0. The Balaban J connectivity index is 1.16. The molecule has 0 N–H and O–H groups in total. The average molecular weight is 670 g/mol. The molecule has 10 aromatic rings. The van der Waals surface area contributed by atoms with Gasteiger partial charge in [-0.1, -0.05) is 103 Å². The zero-order chi connectivity index (χ0) is 34.6. The maximum absolute atomic E-state index is 6.40. The first-order valence-electron chi connectivity index (χ1n) is 17.3. The predicted molar refractivity (Wildman–Crippen MR) is 217 cm³/mol. The summed E-state index contributed by atoms with van der Waals surface area (Å²) in [4.78, 5) is 14.7. The number of amidine groups is 2. The van der Waals surface area contributed by atoms with Crippen molar-refractivity contribution in [1.29, 1.82) is 0 Å². The van der Waals surface area contributed by atoms with Crippen LogP contribution in [0.3, 0.4) is 0 Å². The number of hydrogen-bond acceptors (Lipinski definition) is 2. The smallest absolute Gasteiger partial charge is 0.161 e. The number of hydrogen-bond donors (Lipinski definition) is 0. The normalized spacial score (nSPS) is 12.6. The number of aromatic nitrogens is 2. The Hall–Kier alpha value is -7.05. The molecule has 52 heavy (non-hydrogen) atoms. The third kappa shape index (κ3) is 4.76. The number of rotatable bonds is 5. The molecule has 0 bridgehead atoms. The van der Waals surface area contributed by atoms with Crippen LogP contribution in [0.15, 0.2) is 183 Å². The van der Waals surface area contributed by atoms with Crippen molar-refractivity contribution in [2.75, 3.05) is 0 Å². The Morgan fingerprint density at radius 1 is 0.481 bits per heavy atom. The summed E-state index contributed by atoms with van der Waals surface area (Å²) < 4.78 is 11.0. The van der Waals surface area contributed by atoms with E-state index in [0.29, 0.717) is 18.3 Å². The number of para-hydroxylation sites is 4. The lowest BCUT2D eigenvalue weighted by atomic mass is 10.1. The van der Waals surface area contributed by atoms with E-state index in [2.05, 4.69) is 142 Å². The standard InChI is InChI=1S/C46H31N5O/c1-47-45(30-13-3-2-4-14-30)49-46(48-29-50-39-19-9-5-15-33(39)34-16-6-10-20-40(34)50)31-23-25-43-37(27-31)38-28-32(24-26-44(38)52-43)51-41-21-11-7-17-35(41)36-18-8-12-22-42(36)51/h2-28H,1,29H2. The van der Waals surface area contributed by atoms with Gasteiger partial charge in [0.25, 0.3) is 0 Å². The van der Waals surface area contributed by atoms with Crippen LogP contribution in [0, 0.1) is 0 Å². The van der Waals surface area contributed by atoms with E-state index in [4.69, 9.17) is 14.4 Å². The molecular formula is C46H31N5O. The second kappa shape index (κ2) is 12.1. The van der Waals surface area contributed by atoms with Crippen molar-refractivity contribution < 1.29 is 4.42 Å².